The summed E-state index contributed by atoms with van der Waals surface area (Å²) in [6, 6.07) is 6.65. The molecule has 1 heterocycles. The van der Waals surface area contributed by atoms with E-state index in [0.29, 0.717) is 12.1 Å². The van der Waals surface area contributed by atoms with E-state index >= 15 is 0 Å². The van der Waals surface area contributed by atoms with Gasteiger partial charge in [-0.3, -0.25) is 14.5 Å². The maximum absolute atomic E-state index is 12.6. The average molecular weight is 348 g/mol. The standard InChI is InChI=1S/C18H24N2O5/c1-18(2,3)25-17(23)20-13-8-6-5-7-12(13)11-14(20)16(22)19-10-9-15(21)24-4/h5-8,14H,9-11H2,1-4H3,(H,19,22)/t14-/m0/s1. The number of amides is 2. The van der Waals surface area contributed by atoms with Crippen molar-refractivity contribution in [1.29, 1.82) is 0 Å². The van der Waals surface area contributed by atoms with Crippen molar-refractivity contribution in [2.45, 2.75) is 45.3 Å². The molecule has 136 valence electrons. The van der Waals surface area contributed by atoms with Gasteiger partial charge in [-0.15, -0.1) is 0 Å². The van der Waals surface area contributed by atoms with Crippen molar-refractivity contribution < 1.29 is 23.9 Å². The minimum atomic E-state index is -0.704. The summed E-state index contributed by atoms with van der Waals surface area (Å²) in [5.74, 6) is -0.732. The van der Waals surface area contributed by atoms with Crippen molar-refractivity contribution in [3.63, 3.8) is 0 Å². The molecule has 0 aromatic heterocycles. The topological polar surface area (TPSA) is 84.9 Å². The molecule has 7 nitrogen and oxygen atoms in total. The highest BCUT2D eigenvalue weighted by atomic mass is 16.6. The molecule has 1 aliphatic rings. The van der Waals surface area contributed by atoms with Gasteiger partial charge in [-0.25, -0.2) is 4.79 Å². The molecule has 0 aliphatic carbocycles. The lowest BCUT2D eigenvalue weighted by Crippen LogP contribution is -2.49. The molecule has 1 aliphatic heterocycles. The summed E-state index contributed by atoms with van der Waals surface area (Å²) >= 11 is 0. The van der Waals surface area contributed by atoms with E-state index in [1.54, 1.807) is 26.8 Å². The summed E-state index contributed by atoms with van der Waals surface area (Å²) in [7, 11) is 1.29. The lowest BCUT2D eigenvalue weighted by atomic mass is 10.1. The fourth-order valence-electron chi connectivity index (χ4n) is 2.64. The largest absolute Gasteiger partial charge is 0.469 e. The van der Waals surface area contributed by atoms with Crippen molar-refractivity contribution >= 4 is 23.7 Å². The number of fused-ring (bicyclic) bond motifs is 1. The predicted molar refractivity (Wildman–Crippen MR) is 92.3 cm³/mol. The fourth-order valence-corrected chi connectivity index (χ4v) is 2.64. The Bertz CT molecular complexity index is 666. The van der Waals surface area contributed by atoms with Crippen molar-refractivity contribution in [1.82, 2.24) is 5.32 Å². The van der Waals surface area contributed by atoms with Crippen LogP contribution in [0.5, 0.6) is 0 Å². The van der Waals surface area contributed by atoms with Crippen LogP contribution in [0, 0.1) is 0 Å². The van der Waals surface area contributed by atoms with Crippen LogP contribution in [-0.4, -0.2) is 43.3 Å². The van der Waals surface area contributed by atoms with Gasteiger partial charge in [-0.2, -0.15) is 0 Å². The molecule has 0 fully saturated rings. The van der Waals surface area contributed by atoms with E-state index < -0.39 is 23.7 Å². The maximum atomic E-state index is 12.6. The first kappa shape index (κ1) is 18.8. The van der Waals surface area contributed by atoms with Gasteiger partial charge in [-0.05, 0) is 32.4 Å². The molecular formula is C18H24N2O5. The quantitative estimate of drug-likeness (QED) is 0.842. The molecule has 0 saturated carbocycles. The minimum Gasteiger partial charge on any atom is -0.469 e. The van der Waals surface area contributed by atoms with Crippen molar-refractivity contribution in [2.24, 2.45) is 0 Å². The van der Waals surface area contributed by atoms with Gasteiger partial charge >= 0.3 is 12.1 Å². The summed E-state index contributed by atoms with van der Waals surface area (Å²) in [6.45, 7) is 5.48. The summed E-state index contributed by atoms with van der Waals surface area (Å²) in [5, 5.41) is 2.68. The van der Waals surface area contributed by atoms with Crippen LogP contribution in [0.1, 0.15) is 32.8 Å². The number of anilines is 1. The fraction of sp³-hybridized carbons (Fsp3) is 0.500. The molecule has 1 aromatic rings. The zero-order valence-electron chi connectivity index (χ0n) is 15.0. The Morgan fingerprint density at radius 1 is 1.24 bits per heavy atom. The number of carbonyl (C=O) groups excluding carboxylic acids is 3. The number of esters is 1. The molecule has 1 aromatic carbocycles. The smallest absolute Gasteiger partial charge is 0.415 e. The Morgan fingerprint density at radius 3 is 2.56 bits per heavy atom. The number of benzene rings is 1. The molecule has 0 unspecified atom stereocenters. The van der Waals surface area contributed by atoms with Crippen LogP contribution >= 0.6 is 0 Å². The molecule has 25 heavy (non-hydrogen) atoms. The van der Waals surface area contributed by atoms with Crippen molar-refractivity contribution in [3.05, 3.63) is 29.8 Å². The number of hydrogen-bond acceptors (Lipinski definition) is 5. The van der Waals surface area contributed by atoms with E-state index in [4.69, 9.17) is 4.74 Å². The van der Waals surface area contributed by atoms with E-state index in [1.807, 2.05) is 18.2 Å². The molecule has 0 bridgehead atoms. The number of hydrogen-bond donors (Lipinski definition) is 1. The number of nitrogens with one attached hydrogen (secondary N) is 1. The summed E-state index contributed by atoms with van der Waals surface area (Å²) in [5.41, 5.74) is 0.909. The summed E-state index contributed by atoms with van der Waals surface area (Å²) in [6.07, 6.45) is -0.0843. The maximum Gasteiger partial charge on any atom is 0.415 e. The Morgan fingerprint density at radius 2 is 1.92 bits per heavy atom. The zero-order chi connectivity index (χ0) is 18.6. The Labute approximate surface area is 147 Å². The third kappa shape index (κ3) is 4.71. The highest BCUT2D eigenvalue weighted by Gasteiger charge is 2.40. The Kier molecular flexibility index (Phi) is 5.66. The van der Waals surface area contributed by atoms with E-state index in [2.05, 4.69) is 10.1 Å². The normalized spacial score (nSPS) is 16.2. The molecule has 2 rings (SSSR count). The molecule has 1 N–H and O–H groups in total. The lowest BCUT2D eigenvalue weighted by molar-refractivity contribution is -0.140. The van der Waals surface area contributed by atoms with Crippen molar-refractivity contribution in [3.8, 4) is 0 Å². The third-order valence-corrected chi connectivity index (χ3v) is 3.72. The number of carbonyl (C=O) groups is 3. The summed E-state index contributed by atoms with van der Waals surface area (Å²) in [4.78, 5) is 37.7. The third-order valence-electron chi connectivity index (χ3n) is 3.72. The first-order valence-corrected chi connectivity index (χ1v) is 8.17. The molecule has 0 spiro atoms. The molecule has 7 heteroatoms. The molecule has 0 saturated heterocycles. The zero-order valence-corrected chi connectivity index (χ0v) is 15.0. The van der Waals surface area contributed by atoms with Gasteiger partial charge in [0, 0.05) is 13.0 Å². The van der Waals surface area contributed by atoms with E-state index in [1.165, 1.54) is 12.0 Å². The van der Waals surface area contributed by atoms with Crippen LogP contribution in [-0.2, 0) is 25.5 Å². The van der Waals surface area contributed by atoms with Crippen molar-refractivity contribution in [2.75, 3.05) is 18.6 Å². The Hall–Kier alpha value is -2.57. The second-order valence-electron chi connectivity index (χ2n) is 6.82. The van der Waals surface area contributed by atoms with Crippen LogP contribution in [0.3, 0.4) is 0 Å². The number of rotatable bonds is 4. The summed E-state index contributed by atoms with van der Waals surface area (Å²) < 4.78 is 10.00. The first-order chi connectivity index (χ1) is 11.7. The van der Waals surface area contributed by atoms with Crippen LogP contribution in [0.2, 0.25) is 0 Å². The van der Waals surface area contributed by atoms with E-state index in [9.17, 15) is 14.4 Å². The Balaban J connectivity index is 2.14. The van der Waals surface area contributed by atoms with Gasteiger partial charge in [-0.1, -0.05) is 18.2 Å². The second kappa shape index (κ2) is 7.55. The van der Waals surface area contributed by atoms with Crippen LogP contribution in [0.25, 0.3) is 0 Å². The van der Waals surface area contributed by atoms with Gasteiger partial charge in [0.2, 0.25) is 5.91 Å². The molecular weight excluding hydrogens is 324 g/mol. The predicted octanol–water partition coefficient (Wildman–Crippen LogP) is 2.03. The highest BCUT2D eigenvalue weighted by molar-refractivity contribution is 6.00. The van der Waals surface area contributed by atoms with Crippen LogP contribution in [0.4, 0.5) is 10.5 Å². The number of ether oxygens (including phenoxy) is 2. The molecule has 1 atom stereocenters. The van der Waals surface area contributed by atoms with Gasteiger partial charge in [0.25, 0.3) is 0 Å². The van der Waals surface area contributed by atoms with Crippen LogP contribution < -0.4 is 10.2 Å². The minimum absolute atomic E-state index is 0.0777. The highest BCUT2D eigenvalue weighted by Crippen LogP contribution is 2.33. The molecule has 0 radical (unpaired) electrons. The molecule has 2 amide bonds. The SMILES string of the molecule is COC(=O)CCNC(=O)[C@@H]1Cc2ccccc2N1C(=O)OC(C)(C)C. The number of para-hydroxylation sites is 1. The monoisotopic (exact) mass is 348 g/mol. The second-order valence-corrected chi connectivity index (χ2v) is 6.82. The average Bonchev–Trinajstić information content (AvgIpc) is 2.92. The van der Waals surface area contributed by atoms with Gasteiger partial charge in [0.15, 0.2) is 0 Å². The van der Waals surface area contributed by atoms with Gasteiger partial charge in [0.05, 0.1) is 19.2 Å². The van der Waals surface area contributed by atoms with E-state index in [0.717, 1.165) is 5.56 Å². The number of nitrogens with zero attached hydrogens (tertiary/aromatic N) is 1. The van der Waals surface area contributed by atoms with Gasteiger partial charge < -0.3 is 14.8 Å². The van der Waals surface area contributed by atoms with Crippen LogP contribution in [0.15, 0.2) is 24.3 Å². The number of methoxy groups -OCH3 is 1. The van der Waals surface area contributed by atoms with Gasteiger partial charge in [0.1, 0.15) is 11.6 Å². The van der Waals surface area contributed by atoms with E-state index in [-0.39, 0.29) is 18.9 Å². The lowest BCUT2D eigenvalue weighted by Gasteiger charge is -2.28. The first-order valence-electron chi connectivity index (χ1n) is 8.17.